The zero-order chi connectivity index (χ0) is 15.1. The van der Waals surface area contributed by atoms with E-state index in [1.807, 2.05) is 30.8 Å². The van der Waals surface area contributed by atoms with Crippen LogP contribution in [0.4, 0.5) is 5.82 Å². The van der Waals surface area contributed by atoms with E-state index in [9.17, 15) is 0 Å². The van der Waals surface area contributed by atoms with E-state index in [1.165, 1.54) is 12.2 Å². The molecule has 0 spiro atoms. The molecule has 4 nitrogen and oxygen atoms in total. The van der Waals surface area contributed by atoms with Gasteiger partial charge in [0.2, 0.25) is 0 Å². The van der Waals surface area contributed by atoms with Crippen molar-refractivity contribution >= 4 is 17.6 Å². The van der Waals surface area contributed by atoms with Crippen LogP contribution in [0.15, 0.2) is 24.5 Å². The van der Waals surface area contributed by atoms with E-state index in [-0.39, 0.29) is 0 Å². The van der Waals surface area contributed by atoms with Crippen LogP contribution in [0.25, 0.3) is 11.4 Å². The van der Waals surface area contributed by atoms with Crippen molar-refractivity contribution in [1.82, 2.24) is 15.0 Å². The molecule has 112 valence electrons. The first-order valence-electron chi connectivity index (χ1n) is 7.21. The van der Waals surface area contributed by atoms with Crippen molar-refractivity contribution in [3.63, 3.8) is 0 Å². The van der Waals surface area contributed by atoms with Gasteiger partial charge < -0.3 is 5.32 Å². The van der Waals surface area contributed by atoms with Crippen LogP contribution in [0.3, 0.4) is 0 Å². The lowest BCUT2D eigenvalue weighted by atomic mass is 10.2. The van der Waals surface area contributed by atoms with Gasteiger partial charge in [-0.1, -0.05) is 0 Å². The quantitative estimate of drug-likeness (QED) is 0.790. The monoisotopic (exact) mass is 302 g/mol. The molecule has 2 aromatic heterocycles. The van der Waals surface area contributed by atoms with Gasteiger partial charge in [-0.3, -0.25) is 4.98 Å². The van der Waals surface area contributed by atoms with E-state index in [1.54, 1.807) is 12.4 Å². The highest BCUT2D eigenvalue weighted by atomic mass is 32.2. The molecule has 2 rings (SSSR count). The van der Waals surface area contributed by atoms with Gasteiger partial charge in [0.25, 0.3) is 0 Å². The van der Waals surface area contributed by atoms with Gasteiger partial charge in [0.15, 0.2) is 5.82 Å². The molecule has 0 fully saturated rings. The van der Waals surface area contributed by atoms with Crippen molar-refractivity contribution in [3.05, 3.63) is 35.8 Å². The van der Waals surface area contributed by atoms with Crippen LogP contribution in [0.1, 0.15) is 24.1 Å². The Labute approximate surface area is 130 Å². The molecular weight excluding hydrogens is 280 g/mol. The summed E-state index contributed by atoms with van der Waals surface area (Å²) in [6.45, 7) is 5.05. The molecule has 0 aliphatic carbocycles. The summed E-state index contributed by atoms with van der Waals surface area (Å²) in [4.78, 5) is 13.3. The first-order valence-corrected chi connectivity index (χ1v) is 8.60. The maximum atomic E-state index is 4.67. The Morgan fingerprint density at radius 3 is 2.57 bits per heavy atom. The average molecular weight is 302 g/mol. The van der Waals surface area contributed by atoms with Crippen LogP contribution in [-0.4, -0.2) is 33.5 Å². The summed E-state index contributed by atoms with van der Waals surface area (Å²) in [5.41, 5.74) is 3.14. The maximum absolute atomic E-state index is 4.67. The number of unbranched alkanes of at least 4 members (excludes halogenated alkanes) is 1. The average Bonchev–Trinajstić information content (AvgIpc) is 2.51. The molecule has 0 saturated carbocycles. The number of nitrogens with one attached hydrogen (secondary N) is 1. The molecule has 5 heteroatoms. The second-order valence-corrected chi connectivity index (χ2v) is 5.95. The number of hydrogen-bond acceptors (Lipinski definition) is 5. The number of aryl methyl sites for hydroxylation is 1. The fourth-order valence-electron chi connectivity index (χ4n) is 2.01. The summed E-state index contributed by atoms with van der Waals surface area (Å²) < 4.78 is 0. The molecule has 0 aliphatic rings. The van der Waals surface area contributed by atoms with Crippen molar-refractivity contribution in [3.8, 4) is 11.4 Å². The third-order valence-corrected chi connectivity index (χ3v) is 4.09. The molecule has 0 bridgehead atoms. The Hall–Kier alpha value is -1.62. The van der Waals surface area contributed by atoms with Crippen LogP contribution in [0.5, 0.6) is 0 Å². The zero-order valence-corrected chi connectivity index (χ0v) is 13.7. The highest BCUT2D eigenvalue weighted by Crippen LogP contribution is 2.21. The van der Waals surface area contributed by atoms with E-state index in [2.05, 4.69) is 33.4 Å². The zero-order valence-electron chi connectivity index (χ0n) is 12.9. The van der Waals surface area contributed by atoms with Crippen LogP contribution >= 0.6 is 11.8 Å². The summed E-state index contributed by atoms with van der Waals surface area (Å²) in [6, 6.07) is 3.87. The van der Waals surface area contributed by atoms with Crippen molar-refractivity contribution in [2.45, 2.75) is 26.7 Å². The molecule has 21 heavy (non-hydrogen) atoms. The second-order valence-electron chi connectivity index (χ2n) is 4.97. The summed E-state index contributed by atoms with van der Waals surface area (Å²) >= 11 is 1.89. The highest BCUT2D eigenvalue weighted by Gasteiger charge is 2.09. The molecule has 0 saturated heterocycles. The molecule has 2 aromatic rings. The van der Waals surface area contributed by atoms with Crippen molar-refractivity contribution in [1.29, 1.82) is 0 Å². The molecule has 2 heterocycles. The van der Waals surface area contributed by atoms with Gasteiger partial charge >= 0.3 is 0 Å². The van der Waals surface area contributed by atoms with Crippen molar-refractivity contribution < 1.29 is 0 Å². The number of rotatable bonds is 7. The normalized spacial score (nSPS) is 10.6. The van der Waals surface area contributed by atoms with E-state index >= 15 is 0 Å². The Bertz CT molecular complexity index is 572. The van der Waals surface area contributed by atoms with Gasteiger partial charge in [-0.05, 0) is 50.8 Å². The molecule has 0 aromatic carbocycles. The van der Waals surface area contributed by atoms with E-state index in [0.717, 1.165) is 41.4 Å². The minimum Gasteiger partial charge on any atom is -0.370 e. The predicted molar refractivity (Wildman–Crippen MR) is 90.8 cm³/mol. The topological polar surface area (TPSA) is 50.7 Å². The molecule has 0 unspecified atom stereocenters. The van der Waals surface area contributed by atoms with Gasteiger partial charge in [0.05, 0.1) is 0 Å². The van der Waals surface area contributed by atoms with Crippen LogP contribution in [-0.2, 0) is 0 Å². The smallest absolute Gasteiger partial charge is 0.161 e. The Morgan fingerprint density at radius 2 is 1.86 bits per heavy atom. The molecule has 0 aliphatic heterocycles. The summed E-state index contributed by atoms with van der Waals surface area (Å²) in [7, 11) is 0. The standard InChI is InChI=1S/C16H22N4S/c1-12-13(2)19-16(14-6-9-17-10-7-14)20-15(12)18-8-4-5-11-21-3/h6-7,9-10H,4-5,8,11H2,1-3H3,(H,18,19,20). The number of hydrogen-bond donors (Lipinski definition) is 1. The van der Waals surface area contributed by atoms with Gasteiger partial charge in [0, 0.05) is 35.8 Å². The fraction of sp³-hybridized carbons (Fsp3) is 0.438. The van der Waals surface area contributed by atoms with Gasteiger partial charge in [0.1, 0.15) is 5.82 Å². The van der Waals surface area contributed by atoms with Gasteiger partial charge in [-0.15, -0.1) is 0 Å². The Balaban J connectivity index is 2.12. The minimum absolute atomic E-state index is 0.757. The third-order valence-electron chi connectivity index (χ3n) is 3.40. The number of thioether (sulfide) groups is 1. The van der Waals surface area contributed by atoms with Crippen LogP contribution in [0, 0.1) is 13.8 Å². The largest absolute Gasteiger partial charge is 0.370 e. The SMILES string of the molecule is CSCCCCNc1nc(-c2ccncc2)nc(C)c1C. The van der Waals surface area contributed by atoms with E-state index in [4.69, 9.17) is 0 Å². The summed E-state index contributed by atoms with van der Waals surface area (Å²) in [5, 5.41) is 3.45. The third kappa shape index (κ3) is 4.43. The molecule has 0 amide bonds. The predicted octanol–water partition coefficient (Wildman–Crippen LogP) is 3.71. The van der Waals surface area contributed by atoms with Gasteiger partial charge in [-0.25, -0.2) is 9.97 Å². The lowest BCUT2D eigenvalue weighted by molar-refractivity contribution is 0.837. The fourth-order valence-corrected chi connectivity index (χ4v) is 2.50. The molecule has 0 atom stereocenters. The second kappa shape index (κ2) is 7.98. The first-order chi connectivity index (χ1) is 10.2. The van der Waals surface area contributed by atoms with Gasteiger partial charge in [-0.2, -0.15) is 11.8 Å². The first kappa shape index (κ1) is 15.8. The minimum atomic E-state index is 0.757. The number of aromatic nitrogens is 3. The van der Waals surface area contributed by atoms with E-state index < -0.39 is 0 Å². The molecule has 0 radical (unpaired) electrons. The number of nitrogens with zero attached hydrogens (tertiary/aromatic N) is 3. The van der Waals surface area contributed by atoms with Crippen LogP contribution in [0.2, 0.25) is 0 Å². The van der Waals surface area contributed by atoms with Crippen molar-refractivity contribution in [2.75, 3.05) is 23.9 Å². The van der Waals surface area contributed by atoms with Crippen LogP contribution < -0.4 is 5.32 Å². The maximum Gasteiger partial charge on any atom is 0.161 e. The Morgan fingerprint density at radius 1 is 1.10 bits per heavy atom. The Kier molecular flexibility index (Phi) is 5.99. The number of pyridine rings is 1. The van der Waals surface area contributed by atoms with Crippen molar-refractivity contribution in [2.24, 2.45) is 0 Å². The lowest BCUT2D eigenvalue weighted by Gasteiger charge is -2.12. The lowest BCUT2D eigenvalue weighted by Crippen LogP contribution is -2.08. The number of anilines is 1. The highest BCUT2D eigenvalue weighted by molar-refractivity contribution is 7.98. The molecule has 1 N–H and O–H groups in total. The van der Waals surface area contributed by atoms with E-state index in [0.29, 0.717) is 0 Å². The molecular formula is C16H22N4S. The summed E-state index contributed by atoms with van der Waals surface area (Å²) in [5.74, 6) is 2.91. The summed E-state index contributed by atoms with van der Waals surface area (Å²) in [6.07, 6.45) is 8.07.